The molecule has 0 bridgehead atoms. The van der Waals surface area contributed by atoms with Crippen LogP contribution >= 0.6 is 12.4 Å². The van der Waals surface area contributed by atoms with Gasteiger partial charge in [0.25, 0.3) is 5.91 Å². The number of benzene rings is 2. The normalized spacial score (nSPS) is 16.9. The first-order chi connectivity index (χ1) is 14.0. The number of likely N-dealkylation sites (tertiary alicyclic amines) is 1. The quantitative estimate of drug-likeness (QED) is 0.715. The minimum absolute atomic E-state index is 0. The number of hydrogen-bond acceptors (Lipinski definition) is 5. The molecule has 1 fully saturated rings. The smallest absolute Gasteiger partial charge is 0.254 e. The molecule has 0 saturated carbocycles. The van der Waals surface area contributed by atoms with Crippen LogP contribution in [-0.4, -0.2) is 44.2 Å². The summed E-state index contributed by atoms with van der Waals surface area (Å²) in [5, 5.41) is 0. The van der Waals surface area contributed by atoms with Crippen molar-refractivity contribution in [2.75, 3.05) is 27.3 Å². The van der Waals surface area contributed by atoms with E-state index in [0.717, 1.165) is 24.9 Å². The minimum atomic E-state index is -0.0402. The van der Waals surface area contributed by atoms with Gasteiger partial charge in [0.2, 0.25) is 5.75 Å². The van der Waals surface area contributed by atoms with Gasteiger partial charge in [0.1, 0.15) is 6.61 Å². The van der Waals surface area contributed by atoms with Crippen LogP contribution in [0.4, 0.5) is 0 Å². The summed E-state index contributed by atoms with van der Waals surface area (Å²) in [5.74, 6) is 1.72. The van der Waals surface area contributed by atoms with Crippen LogP contribution in [0.3, 0.4) is 0 Å². The predicted octanol–water partition coefficient (Wildman–Crippen LogP) is 3.90. The van der Waals surface area contributed by atoms with Crippen molar-refractivity contribution in [2.24, 2.45) is 11.7 Å². The van der Waals surface area contributed by atoms with Crippen molar-refractivity contribution in [2.45, 2.75) is 32.4 Å². The highest BCUT2D eigenvalue weighted by Crippen LogP contribution is 2.39. The Morgan fingerprint density at radius 2 is 1.80 bits per heavy atom. The van der Waals surface area contributed by atoms with Crippen LogP contribution in [0.2, 0.25) is 0 Å². The largest absolute Gasteiger partial charge is 0.493 e. The van der Waals surface area contributed by atoms with Gasteiger partial charge in [0.15, 0.2) is 11.5 Å². The molecular formula is C23H31ClN2O4. The van der Waals surface area contributed by atoms with Crippen molar-refractivity contribution in [1.29, 1.82) is 0 Å². The van der Waals surface area contributed by atoms with Gasteiger partial charge < -0.3 is 24.8 Å². The first-order valence-electron chi connectivity index (χ1n) is 10.0. The Balaban J connectivity index is 0.00000320. The monoisotopic (exact) mass is 434 g/mol. The van der Waals surface area contributed by atoms with Gasteiger partial charge in [-0.05, 0) is 43.4 Å². The molecule has 1 amide bonds. The van der Waals surface area contributed by atoms with Crippen molar-refractivity contribution >= 4 is 18.3 Å². The standard InChI is InChI=1S/C23H30N2O4.ClH/c1-16(24)18-10-7-11-25(14-18)23(26)19-12-20(27-2)22(21(13-19)28-3)29-15-17-8-5-4-6-9-17;/h4-6,8-9,12-13,16,18H,7,10-11,14-15,24H2,1-3H3;1H. The number of methoxy groups -OCH3 is 2. The second-order valence-corrected chi connectivity index (χ2v) is 7.50. The van der Waals surface area contributed by atoms with Crippen molar-refractivity contribution < 1.29 is 19.0 Å². The maximum atomic E-state index is 13.1. The lowest BCUT2D eigenvalue weighted by atomic mass is 9.92. The molecule has 3 rings (SSSR count). The first kappa shape index (κ1) is 23.8. The second-order valence-electron chi connectivity index (χ2n) is 7.50. The zero-order valence-corrected chi connectivity index (χ0v) is 18.6. The van der Waals surface area contributed by atoms with Gasteiger partial charge in [-0.3, -0.25) is 4.79 Å². The fourth-order valence-corrected chi connectivity index (χ4v) is 3.68. The maximum Gasteiger partial charge on any atom is 0.254 e. The molecule has 2 aromatic rings. The highest BCUT2D eigenvalue weighted by molar-refractivity contribution is 5.95. The van der Waals surface area contributed by atoms with Crippen molar-refractivity contribution in [3.8, 4) is 17.2 Å². The molecule has 30 heavy (non-hydrogen) atoms. The maximum absolute atomic E-state index is 13.1. The number of carbonyl (C=O) groups is 1. The molecule has 0 radical (unpaired) electrons. The lowest BCUT2D eigenvalue weighted by Crippen LogP contribution is -2.45. The molecule has 0 aliphatic carbocycles. The second kappa shape index (κ2) is 11.1. The number of nitrogens with two attached hydrogens (primary N) is 1. The highest BCUT2D eigenvalue weighted by atomic mass is 35.5. The molecule has 2 N–H and O–H groups in total. The van der Waals surface area contributed by atoms with Crippen molar-refractivity contribution in [3.05, 3.63) is 53.6 Å². The van der Waals surface area contributed by atoms with Crippen LogP contribution in [0.15, 0.2) is 42.5 Å². The lowest BCUT2D eigenvalue weighted by Gasteiger charge is -2.34. The molecule has 7 heteroatoms. The number of amides is 1. The van der Waals surface area contributed by atoms with Gasteiger partial charge in [-0.15, -0.1) is 12.4 Å². The summed E-state index contributed by atoms with van der Waals surface area (Å²) in [6, 6.07) is 13.4. The molecule has 0 spiro atoms. The molecule has 1 heterocycles. The van der Waals surface area contributed by atoms with Crippen LogP contribution in [0, 0.1) is 5.92 Å². The Hall–Kier alpha value is -2.44. The summed E-state index contributed by atoms with van der Waals surface area (Å²) in [7, 11) is 3.12. The van der Waals surface area contributed by atoms with Crippen LogP contribution in [0.1, 0.15) is 35.7 Å². The number of ether oxygens (including phenoxy) is 3. The summed E-state index contributed by atoms with van der Waals surface area (Å²) < 4.78 is 17.0. The molecule has 6 nitrogen and oxygen atoms in total. The number of piperidine rings is 1. The first-order valence-corrected chi connectivity index (χ1v) is 10.0. The molecule has 2 atom stereocenters. The summed E-state index contributed by atoms with van der Waals surface area (Å²) in [6.45, 7) is 3.79. The topological polar surface area (TPSA) is 74.0 Å². The third-order valence-electron chi connectivity index (χ3n) is 5.42. The Bertz CT molecular complexity index is 804. The number of carbonyl (C=O) groups excluding carboxylic acids is 1. The van der Waals surface area contributed by atoms with E-state index in [-0.39, 0.29) is 24.4 Å². The third-order valence-corrected chi connectivity index (χ3v) is 5.42. The molecule has 1 aliphatic heterocycles. The van der Waals surface area contributed by atoms with Crippen molar-refractivity contribution in [1.82, 2.24) is 4.90 Å². The Morgan fingerprint density at radius 3 is 2.37 bits per heavy atom. The molecule has 2 aromatic carbocycles. The lowest BCUT2D eigenvalue weighted by molar-refractivity contribution is 0.0660. The Labute approximate surface area is 184 Å². The van der Waals surface area contributed by atoms with E-state index >= 15 is 0 Å². The fraction of sp³-hybridized carbons (Fsp3) is 0.435. The van der Waals surface area contributed by atoms with E-state index in [1.807, 2.05) is 42.2 Å². The Morgan fingerprint density at radius 1 is 1.17 bits per heavy atom. The fourth-order valence-electron chi connectivity index (χ4n) is 3.68. The third kappa shape index (κ3) is 5.58. The number of halogens is 1. The average molecular weight is 435 g/mol. The number of nitrogens with zero attached hydrogens (tertiary/aromatic N) is 1. The molecule has 1 aliphatic rings. The summed E-state index contributed by atoms with van der Waals surface area (Å²) >= 11 is 0. The van der Waals surface area contributed by atoms with Gasteiger partial charge in [-0.25, -0.2) is 0 Å². The zero-order chi connectivity index (χ0) is 20.8. The number of rotatable bonds is 7. The molecule has 164 valence electrons. The van der Waals surface area contributed by atoms with Gasteiger partial charge in [0.05, 0.1) is 14.2 Å². The van der Waals surface area contributed by atoms with E-state index in [2.05, 4.69) is 0 Å². The molecule has 0 aromatic heterocycles. The van der Waals surface area contributed by atoms with Crippen LogP contribution in [0.25, 0.3) is 0 Å². The SMILES string of the molecule is COc1cc(C(=O)N2CCCC(C(C)N)C2)cc(OC)c1OCc1ccccc1.Cl. The molecule has 2 unspecified atom stereocenters. The summed E-state index contributed by atoms with van der Waals surface area (Å²) in [5.41, 5.74) is 7.62. The van der Waals surface area contributed by atoms with Crippen LogP contribution < -0.4 is 19.9 Å². The summed E-state index contributed by atoms with van der Waals surface area (Å²) in [4.78, 5) is 15.0. The van der Waals surface area contributed by atoms with E-state index in [9.17, 15) is 4.79 Å². The Kier molecular flexibility index (Phi) is 8.81. The van der Waals surface area contributed by atoms with Crippen LogP contribution in [-0.2, 0) is 6.61 Å². The summed E-state index contributed by atoms with van der Waals surface area (Å²) in [6.07, 6.45) is 2.02. The van der Waals surface area contributed by atoms with Crippen molar-refractivity contribution in [3.63, 3.8) is 0 Å². The van der Waals surface area contributed by atoms with E-state index in [1.165, 1.54) is 0 Å². The van der Waals surface area contributed by atoms with Crippen LogP contribution in [0.5, 0.6) is 17.2 Å². The predicted molar refractivity (Wildman–Crippen MR) is 120 cm³/mol. The van der Waals surface area contributed by atoms with Gasteiger partial charge >= 0.3 is 0 Å². The molecular weight excluding hydrogens is 404 g/mol. The van der Waals surface area contributed by atoms with E-state index in [0.29, 0.717) is 41.9 Å². The van der Waals surface area contributed by atoms with Gasteiger partial charge in [-0.2, -0.15) is 0 Å². The van der Waals surface area contributed by atoms with Gasteiger partial charge in [0, 0.05) is 24.7 Å². The minimum Gasteiger partial charge on any atom is -0.493 e. The van der Waals surface area contributed by atoms with E-state index in [1.54, 1.807) is 26.4 Å². The highest BCUT2D eigenvalue weighted by Gasteiger charge is 2.28. The van der Waals surface area contributed by atoms with E-state index in [4.69, 9.17) is 19.9 Å². The van der Waals surface area contributed by atoms with E-state index < -0.39 is 0 Å². The zero-order valence-electron chi connectivity index (χ0n) is 17.8. The molecule has 1 saturated heterocycles. The average Bonchev–Trinajstić information content (AvgIpc) is 2.77. The van der Waals surface area contributed by atoms with Gasteiger partial charge in [-0.1, -0.05) is 30.3 Å². The number of hydrogen-bond donors (Lipinski definition) is 1.